The molecule has 0 rings (SSSR count). The van der Waals surface area contributed by atoms with Gasteiger partial charge in [-0.15, -0.1) is 0 Å². The van der Waals surface area contributed by atoms with Gasteiger partial charge in [0, 0.05) is 19.1 Å². The number of hydrogen-bond donors (Lipinski definition) is 2. The first-order valence-corrected chi connectivity index (χ1v) is 10.4. The molecule has 0 fully saturated rings. The number of aliphatic hydroxyl groups excluding tert-OH is 2. The van der Waals surface area contributed by atoms with Gasteiger partial charge >= 0.3 is 5.97 Å². The molecule has 0 amide bonds. The number of ether oxygens (including phenoxy) is 1. The third-order valence-corrected chi connectivity index (χ3v) is 4.36. The van der Waals surface area contributed by atoms with Gasteiger partial charge in [-0.1, -0.05) is 90.0 Å². The lowest BCUT2D eigenvalue weighted by Gasteiger charge is -2.07. The molecule has 0 bridgehead atoms. The van der Waals surface area contributed by atoms with E-state index in [9.17, 15) is 9.90 Å². The van der Waals surface area contributed by atoms with E-state index in [1.165, 1.54) is 83.1 Å². The van der Waals surface area contributed by atoms with E-state index in [0.717, 1.165) is 12.8 Å². The van der Waals surface area contributed by atoms with E-state index in [0.29, 0.717) is 0 Å². The minimum Gasteiger partial charge on any atom is -0.433 e. The second-order valence-electron chi connectivity index (χ2n) is 6.84. The third-order valence-electron chi connectivity index (χ3n) is 4.36. The Kier molecular flexibility index (Phi) is 18.8. The van der Waals surface area contributed by atoms with Crippen molar-refractivity contribution in [2.24, 2.45) is 0 Å². The summed E-state index contributed by atoms with van der Waals surface area (Å²) >= 11 is 0. The lowest BCUT2D eigenvalue weighted by atomic mass is 10.0. The molecule has 0 heterocycles. The number of unbranched alkanes of at least 4 members (excludes halogenated alkanes) is 13. The number of rotatable bonds is 18. The fourth-order valence-electron chi connectivity index (χ4n) is 2.80. The van der Waals surface area contributed by atoms with Crippen LogP contribution in [0.5, 0.6) is 0 Å². The van der Waals surface area contributed by atoms with Gasteiger partial charge < -0.3 is 14.9 Å². The smallest absolute Gasteiger partial charge is 0.332 e. The van der Waals surface area contributed by atoms with Crippen molar-refractivity contribution in [2.75, 3.05) is 6.61 Å². The van der Waals surface area contributed by atoms with E-state index in [1.54, 1.807) is 6.08 Å². The summed E-state index contributed by atoms with van der Waals surface area (Å²) in [6.45, 7) is 2.06. The summed E-state index contributed by atoms with van der Waals surface area (Å²) in [5, 5.41) is 17.8. The van der Waals surface area contributed by atoms with Crippen molar-refractivity contribution >= 4 is 5.97 Å². The van der Waals surface area contributed by atoms with Crippen LogP contribution in [0.3, 0.4) is 0 Å². The molecule has 0 aromatic rings. The summed E-state index contributed by atoms with van der Waals surface area (Å²) in [6.07, 6.45) is 20.2. The van der Waals surface area contributed by atoms with Crippen LogP contribution in [0.25, 0.3) is 0 Å². The number of esters is 1. The molecule has 1 unspecified atom stereocenters. The standard InChI is InChI=1S/C21H40O4/c1-2-3-4-5-6-7-8-9-10-11-12-13-14-15-16-17-20(23)25-21(24)18-19-22/h16-17,21-22,24H,2-15,18-19H2,1H3. The van der Waals surface area contributed by atoms with Crippen molar-refractivity contribution in [2.45, 2.75) is 110 Å². The van der Waals surface area contributed by atoms with E-state index >= 15 is 0 Å². The average Bonchev–Trinajstić information content (AvgIpc) is 2.58. The Morgan fingerprint density at radius 2 is 1.36 bits per heavy atom. The molecule has 0 spiro atoms. The van der Waals surface area contributed by atoms with E-state index in [4.69, 9.17) is 5.11 Å². The summed E-state index contributed by atoms with van der Waals surface area (Å²) in [6, 6.07) is 0. The van der Waals surface area contributed by atoms with Gasteiger partial charge in [0.1, 0.15) is 0 Å². The Bertz CT molecular complexity index is 315. The predicted octanol–water partition coefficient (Wildman–Crippen LogP) is 5.27. The third kappa shape index (κ3) is 19.3. The van der Waals surface area contributed by atoms with Gasteiger partial charge in [-0.2, -0.15) is 0 Å². The molecule has 0 radical (unpaired) electrons. The highest BCUT2D eigenvalue weighted by molar-refractivity contribution is 5.81. The molecule has 2 N–H and O–H groups in total. The topological polar surface area (TPSA) is 66.8 Å². The number of carbonyl (C=O) groups is 1. The van der Waals surface area contributed by atoms with Crippen LogP contribution in [0.2, 0.25) is 0 Å². The zero-order chi connectivity index (χ0) is 18.6. The quantitative estimate of drug-likeness (QED) is 0.152. The fraction of sp³-hybridized carbons (Fsp3) is 0.857. The van der Waals surface area contributed by atoms with Crippen LogP contribution >= 0.6 is 0 Å². The summed E-state index contributed by atoms with van der Waals surface area (Å²) in [5.41, 5.74) is 0. The van der Waals surface area contributed by atoms with Crippen LogP contribution in [0, 0.1) is 0 Å². The average molecular weight is 357 g/mol. The molecule has 0 aliphatic rings. The first-order chi connectivity index (χ1) is 12.2. The zero-order valence-corrected chi connectivity index (χ0v) is 16.3. The van der Waals surface area contributed by atoms with Crippen molar-refractivity contribution in [3.8, 4) is 0 Å². The number of allylic oxidation sites excluding steroid dienone is 1. The monoisotopic (exact) mass is 356 g/mol. The van der Waals surface area contributed by atoms with Gasteiger partial charge in [0.25, 0.3) is 0 Å². The maximum absolute atomic E-state index is 11.3. The summed E-state index contributed by atoms with van der Waals surface area (Å²) < 4.78 is 4.68. The summed E-state index contributed by atoms with van der Waals surface area (Å²) in [7, 11) is 0. The molecule has 0 aromatic heterocycles. The predicted molar refractivity (Wildman–Crippen MR) is 103 cm³/mol. The van der Waals surface area contributed by atoms with Crippen LogP contribution < -0.4 is 0 Å². The molecule has 0 aliphatic carbocycles. The molecule has 0 saturated heterocycles. The number of hydrogen-bond acceptors (Lipinski definition) is 4. The Labute approximate surface area is 154 Å². The lowest BCUT2D eigenvalue weighted by Crippen LogP contribution is -2.17. The second-order valence-corrected chi connectivity index (χ2v) is 6.84. The van der Waals surface area contributed by atoms with Crippen LogP contribution in [0.1, 0.15) is 103 Å². The first kappa shape index (κ1) is 24.1. The van der Waals surface area contributed by atoms with Gasteiger partial charge in [-0.25, -0.2) is 4.79 Å². The summed E-state index contributed by atoms with van der Waals surface area (Å²) in [5.74, 6) is -0.546. The van der Waals surface area contributed by atoms with Crippen molar-refractivity contribution in [3.63, 3.8) is 0 Å². The Morgan fingerprint density at radius 1 is 0.880 bits per heavy atom. The number of aliphatic hydroxyl groups is 2. The minimum absolute atomic E-state index is 0.0540. The SMILES string of the molecule is CCCCCCCCCCCCCCCC=CC(=O)OC(O)CCO. The summed E-state index contributed by atoms with van der Waals surface area (Å²) in [4.78, 5) is 11.3. The van der Waals surface area contributed by atoms with Gasteiger partial charge in [-0.05, 0) is 12.8 Å². The zero-order valence-electron chi connectivity index (χ0n) is 16.3. The van der Waals surface area contributed by atoms with Crippen molar-refractivity contribution in [1.29, 1.82) is 0 Å². The molecule has 148 valence electrons. The lowest BCUT2D eigenvalue weighted by molar-refractivity contribution is -0.163. The first-order valence-electron chi connectivity index (χ1n) is 10.4. The molecule has 0 aliphatic heterocycles. The molecule has 4 heteroatoms. The van der Waals surface area contributed by atoms with Gasteiger partial charge in [-0.3, -0.25) is 0 Å². The van der Waals surface area contributed by atoms with E-state index < -0.39 is 12.3 Å². The molecule has 0 saturated carbocycles. The van der Waals surface area contributed by atoms with Crippen LogP contribution in [0.4, 0.5) is 0 Å². The van der Waals surface area contributed by atoms with Crippen molar-refractivity contribution in [1.82, 2.24) is 0 Å². The Hall–Kier alpha value is -0.870. The highest BCUT2D eigenvalue weighted by Crippen LogP contribution is 2.13. The molecule has 4 nitrogen and oxygen atoms in total. The molecular formula is C21H40O4. The normalized spacial score (nSPS) is 12.6. The maximum Gasteiger partial charge on any atom is 0.332 e. The Morgan fingerprint density at radius 3 is 1.84 bits per heavy atom. The largest absolute Gasteiger partial charge is 0.433 e. The van der Waals surface area contributed by atoms with Gasteiger partial charge in [0.15, 0.2) is 0 Å². The molecule has 25 heavy (non-hydrogen) atoms. The maximum atomic E-state index is 11.3. The van der Waals surface area contributed by atoms with Crippen molar-refractivity contribution < 1.29 is 19.7 Å². The van der Waals surface area contributed by atoms with Gasteiger partial charge in [0.2, 0.25) is 6.29 Å². The van der Waals surface area contributed by atoms with Crippen LogP contribution in [-0.4, -0.2) is 29.1 Å². The molecule has 0 aromatic carbocycles. The van der Waals surface area contributed by atoms with Crippen molar-refractivity contribution in [3.05, 3.63) is 12.2 Å². The van der Waals surface area contributed by atoms with E-state index in [-0.39, 0.29) is 13.0 Å². The minimum atomic E-state index is -1.21. The highest BCUT2D eigenvalue weighted by Gasteiger charge is 2.06. The van der Waals surface area contributed by atoms with Crippen LogP contribution in [0.15, 0.2) is 12.2 Å². The van der Waals surface area contributed by atoms with Crippen LogP contribution in [-0.2, 0) is 9.53 Å². The fourth-order valence-corrected chi connectivity index (χ4v) is 2.80. The van der Waals surface area contributed by atoms with E-state index in [2.05, 4.69) is 11.7 Å². The number of carbonyl (C=O) groups excluding carboxylic acids is 1. The van der Waals surface area contributed by atoms with E-state index in [1.807, 2.05) is 0 Å². The van der Waals surface area contributed by atoms with Gasteiger partial charge in [0.05, 0.1) is 0 Å². The molecule has 1 atom stereocenters. The molecular weight excluding hydrogens is 316 g/mol. The Balaban J connectivity index is 3.25. The highest BCUT2D eigenvalue weighted by atomic mass is 16.6. The second kappa shape index (κ2) is 19.5.